The van der Waals surface area contributed by atoms with Crippen LogP contribution in [0.4, 0.5) is 18.9 Å². The van der Waals surface area contributed by atoms with E-state index in [1.165, 1.54) is 6.07 Å². The van der Waals surface area contributed by atoms with Crippen molar-refractivity contribution in [1.29, 1.82) is 0 Å². The molecule has 0 spiro atoms. The number of ketones is 1. The predicted octanol–water partition coefficient (Wildman–Crippen LogP) is 3.02. The number of amides is 1. The fourth-order valence-electron chi connectivity index (χ4n) is 2.87. The molecule has 0 unspecified atom stereocenters. The van der Waals surface area contributed by atoms with E-state index in [4.69, 9.17) is 0 Å². The Bertz CT molecular complexity index is 932. The number of nitrogens with one attached hydrogen (secondary N) is 1. The van der Waals surface area contributed by atoms with Gasteiger partial charge in [-0.05, 0) is 48.7 Å². The first kappa shape index (κ1) is 17.9. The van der Waals surface area contributed by atoms with Gasteiger partial charge in [0.05, 0.1) is 6.54 Å². The molecular weight excluding hydrogens is 349 g/mol. The number of nitrogens with zero attached hydrogens (tertiary/aromatic N) is 1. The van der Waals surface area contributed by atoms with Crippen LogP contribution in [0.3, 0.4) is 0 Å². The summed E-state index contributed by atoms with van der Waals surface area (Å²) in [5, 5.41) is 2.74. The maximum atomic E-state index is 12.8. The third-order valence-corrected chi connectivity index (χ3v) is 4.19. The monoisotopic (exact) mass is 364 g/mol. The normalized spacial score (nSPS) is 14.3. The molecule has 0 atom stereocenters. The van der Waals surface area contributed by atoms with Crippen LogP contribution in [0, 0.1) is 0 Å². The van der Waals surface area contributed by atoms with Gasteiger partial charge in [-0.2, -0.15) is 13.2 Å². The Hall–Kier alpha value is -2.90. The van der Waals surface area contributed by atoms with E-state index in [-0.39, 0.29) is 11.5 Å². The topological polar surface area (TPSA) is 68.2 Å². The van der Waals surface area contributed by atoms with Crippen molar-refractivity contribution in [2.45, 2.75) is 32.0 Å². The molecule has 1 aliphatic rings. The predicted molar refractivity (Wildman–Crippen MR) is 88.0 cm³/mol. The number of fused-ring (bicyclic) bond motifs is 1. The first-order chi connectivity index (χ1) is 12.3. The standard InChI is InChI=1S/C18H15F3N2O3/c19-18(20,21)13-4-2-8-23(17(13)26)10-15(24)12-6-7-14-11(9-12)3-1-5-16(25)22-14/h2,4,6-9H,1,3,5,10H2,(H,22,25). The first-order valence-electron chi connectivity index (χ1n) is 7.98. The zero-order chi connectivity index (χ0) is 18.9. The zero-order valence-corrected chi connectivity index (χ0v) is 13.6. The van der Waals surface area contributed by atoms with E-state index in [1.807, 2.05) is 0 Å². The van der Waals surface area contributed by atoms with Crippen LogP contribution in [-0.4, -0.2) is 16.3 Å². The summed E-state index contributed by atoms with van der Waals surface area (Å²) < 4.78 is 39.2. The van der Waals surface area contributed by atoms with Crippen molar-refractivity contribution in [3.63, 3.8) is 0 Å². The Morgan fingerprint density at radius 3 is 2.65 bits per heavy atom. The number of halogens is 3. The lowest BCUT2D eigenvalue weighted by molar-refractivity contribution is -0.139. The molecule has 0 radical (unpaired) electrons. The van der Waals surface area contributed by atoms with E-state index in [0.717, 1.165) is 22.4 Å². The van der Waals surface area contributed by atoms with E-state index in [9.17, 15) is 27.6 Å². The van der Waals surface area contributed by atoms with Gasteiger partial charge < -0.3 is 9.88 Å². The van der Waals surface area contributed by atoms with Crippen LogP contribution in [0.1, 0.15) is 34.3 Å². The molecule has 2 aromatic rings. The number of aryl methyl sites for hydroxylation is 1. The summed E-state index contributed by atoms with van der Waals surface area (Å²) >= 11 is 0. The molecule has 3 rings (SSSR count). The summed E-state index contributed by atoms with van der Waals surface area (Å²) in [6.45, 7) is -0.492. The second-order valence-corrected chi connectivity index (χ2v) is 6.05. The third kappa shape index (κ3) is 3.68. The Balaban J connectivity index is 1.87. The van der Waals surface area contributed by atoms with E-state index in [0.29, 0.717) is 31.0 Å². The Morgan fingerprint density at radius 2 is 1.92 bits per heavy atom. The van der Waals surface area contributed by atoms with Gasteiger partial charge in [0.1, 0.15) is 5.56 Å². The Labute approximate surface area is 146 Å². The number of aromatic nitrogens is 1. The molecule has 1 amide bonds. The molecule has 0 fully saturated rings. The fraction of sp³-hybridized carbons (Fsp3) is 0.278. The van der Waals surface area contributed by atoms with Crippen molar-refractivity contribution < 1.29 is 22.8 Å². The maximum absolute atomic E-state index is 12.8. The Kier molecular flexibility index (Phi) is 4.67. The SMILES string of the molecule is O=C1CCCc2cc(C(=O)Cn3cccc(C(F)(F)F)c3=O)ccc2N1. The number of carbonyl (C=O) groups is 2. The third-order valence-electron chi connectivity index (χ3n) is 4.19. The molecule has 136 valence electrons. The van der Waals surface area contributed by atoms with Gasteiger partial charge in [-0.3, -0.25) is 14.4 Å². The highest BCUT2D eigenvalue weighted by Crippen LogP contribution is 2.26. The number of carbonyl (C=O) groups excluding carboxylic acids is 2. The van der Waals surface area contributed by atoms with E-state index in [2.05, 4.69) is 5.32 Å². The van der Waals surface area contributed by atoms with E-state index >= 15 is 0 Å². The summed E-state index contributed by atoms with van der Waals surface area (Å²) in [5.74, 6) is -0.580. The fourth-order valence-corrected chi connectivity index (χ4v) is 2.87. The summed E-state index contributed by atoms with van der Waals surface area (Å²) in [7, 11) is 0. The molecule has 26 heavy (non-hydrogen) atoms. The average Bonchev–Trinajstić information content (AvgIpc) is 2.75. The summed E-state index contributed by atoms with van der Waals surface area (Å²) in [5.41, 5.74) is -0.865. The number of rotatable bonds is 3. The minimum absolute atomic E-state index is 0.0988. The van der Waals surface area contributed by atoms with Crippen molar-refractivity contribution in [2.24, 2.45) is 0 Å². The summed E-state index contributed by atoms with van der Waals surface area (Å²) in [6, 6.07) is 6.48. The molecule has 2 heterocycles. The minimum Gasteiger partial charge on any atom is -0.326 e. The number of hydrogen-bond acceptors (Lipinski definition) is 3. The smallest absolute Gasteiger partial charge is 0.326 e. The van der Waals surface area contributed by atoms with Gasteiger partial charge in [0, 0.05) is 23.9 Å². The zero-order valence-electron chi connectivity index (χ0n) is 13.6. The quantitative estimate of drug-likeness (QED) is 0.852. The van der Waals surface area contributed by atoms with Crippen LogP contribution in [0.15, 0.2) is 41.3 Å². The molecule has 0 aliphatic carbocycles. The summed E-state index contributed by atoms with van der Waals surface area (Å²) in [6.07, 6.45) is -1.98. The van der Waals surface area contributed by atoms with Crippen molar-refractivity contribution in [1.82, 2.24) is 4.57 Å². The molecule has 1 aliphatic heterocycles. The highest BCUT2D eigenvalue weighted by molar-refractivity contribution is 5.98. The van der Waals surface area contributed by atoms with Gasteiger partial charge in [-0.15, -0.1) is 0 Å². The van der Waals surface area contributed by atoms with Crippen molar-refractivity contribution in [3.8, 4) is 0 Å². The molecular formula is C18H15F3N2O3. The molecule has 0 saturated carbocycles. The van der Waals surface area contributed by atoms with Crippen molar-refractivity contribution >= 4 is 17.4 Å². The Morgan fingerprint density at radius 1 is 1.15 bits per heavy atom. The van der Waals surface area contributed by atoms with Gasteiger partial charge in [0.2, 0.25) is 5.91 Å². The highest BCUT2D eigenvalue weighted by atomic mass is 19.4. The number of anilines is 1. The molecule has 8 heteroatoms. The van der Waals surface area contributed by atoms with Gasteiger partial charge in [0.15, 0.2) is 5.78 Å². The lowest BCUT2D eigenvalue weighted by atomic mass is 10.0. The number of pyridine rings is 1. The van der Waals surface area contributed by atoms with Crippen LogP contribution >= 0.6 is 0 Å². The van der Waals surface area contributed by atoms with Crippen LogP contribution < -0.4 is 10.9 Å². The maximum Gasteiger partial charge on any atom is 0.421 e. The van der Waals surface area contributed by atoms with Gasteiger partial charge in [-0.1, -0.05) is 0 Å². The molecule has 1 aromatic carbocycles. The number of alkyl halides is 3. The molecule has 0 bridgehead atoms. The first-order valence-corrected chi connectivity index (χ1v) is 7.98. The lowest BCUT2D eigenvalue weighted by Crippen LogP contribution is -2.30. The van der Waals surface area contributed by atoms with Crippen LogP contribution in [-0.2, 0) is 23.9 Å². The second kappa shape index (κ2) is 6.78. The molecule has 5 nitrogen and oxygen atoms in total. The summed E-state index contributed by atoms with van der Waals surface area (Å²) in [4.78, 5) is 35.9. The molecule has 1 N–H and O–H groups in total. The number of hydrogen-bond donors (Lipinski definition) is 1. The van der Waals surface area contributed by atoms with E-state index in [1.54, 1.807) is 12.1 Å². The van der Waals surface area contributed by atoms with Crippen LogP contribution in [0.5, 0.6) is 0 Å². The van der Waals surface area contributed by atoms with Gasteiger partial charge >= 0.3 is 6.18 Å². The average molecular weight is 364 g/mol. The van der Waals surface area contributed by atoms with Crippen LogP contribution in [0.2, 0.25) is 0 Å². The van der Waals surface area contributed by atoms with Crippen molar-refractivity contribution in [3.05, 3.63) is 63.6 Å². The lowest BCUT2D eigenvalue weighted by Gasteiger charge is -2.11. The van der Waals surface area contributed by atoms with Crippen molar-refractivity contribution in [2.75, 3.05) is 5.32 Å². The second-order valence-electron chi connectivity index (χ2n) is 6.05. The van der Waals surface area contributed by atoms with Gasteiger partial charge in [0.25, 0.3) is 5.56 Å². The molecule has 0 saturated heterocycles. The highest BCUT2D eigenvalue weighted by Gasteiger charge is 2.34. The minimum atomic E-state index is -4.77. The van der Waals surface area contributed by atoms with E-state index < -0.39 is 29.6 Å². The molecule has 1 aromatic heterocycles. The van der Waals surface area contributed by atoms with Gasteiger partial charge in [-0.25, -0.2) is 0 Å². The van der Waals surface area contributed by atoms with Crippen LogP contribution in [0.25, 0.3) is 0 Å². The largest absolute Gasteiger partial charge is 0.421 e. The number of Topliss-reactive ketones (excluding diaryl/α,β-unsaturated/α-hetero) is 1. The number of benzene rings is 1.